The second-order valence-electron chi connectivity index (χ2n) is 7.35. The van der Waals surface area contributed by atoms with Crippen molar-refractivity contribution in [2.24, 2.45) is 11.3 Å². The monoisotopic (exact) mass is 305 g/mol. The van der Waals surface area contributed by atoms with Crippen LogP contribution in [-0.4, -0.2) is 13.2 Å². The van der Waals surface area contributed by atoms with E-state index in [2.05, 4.69) is 26.8 Å². The Morgan fingerprint density at radius 3 is 2.24 bits per heavy atom. The van der Waals surface area contributed by atoms with Crippen molar-refractivity contribution < 1.29 is 8.42 Å². The van der Waals surface area contributed by atoms with Crippen molar-refractivity contribution in [1.82, 2.24) is 0 Å². The highest BCUT2D eigenvalue weighted by Crippen LogP contribution is 2.53. The van der Waals surface area contributed by atoms with Gasteiger partial charge in [0.05, 0.1) is 11.0 Å². The average Bonchev–Trinajstić information content (AvgIpc) is 2.25. The van der Waals surface area contributed by atoms with Crippen molar-refractivity contribution in [3.8, 4) is 6.07 Å². The van der Waals surface area contributed by atoms with E-state index in [1.54, 1.807) is 19.1 Å². The highest BCUT2D eigenvalue weighted by Gasteiger charge is 2.58. The number of hydrogen-bond acceptors (Lipinski definition) is 3. The molecule has 0 spiro atoms. The van der Waals surface area contributed by atoms with Crippen LogP contribution in [0.25, 0.3) is 0 Å². The van der Waals surface area contributed by atoms with Crippen LogP contribution in [0.3, 0.4) is 0 Å². The lowest BCUT2D eigenvalue weighted by Crippen LogP contribution is -2.52. The molecule has 0 saturated heterocycles. The van der Waals surface area contributed by atoms with E-state index in [1.165, 1.54) is 0 Å². The first-order valence-electron chi connectivity index (χ1n) is 7.27. The van der Waals surface area contributed by atoms with Gasteiger partial charge in [-0.3, -0.25) is 0 Å². The fourth-order valence-corrected chi connectivity index (χ4v) is 5.14. The summed E-state index contributed by atoms with van der Waals surface area (Å²) in [7, 11) is -3.62. The maximum atomic E-state index is 12.9. The van der Waals surface area contributed by atoms with Gasteiger partial charge in [0.2, 0.25) is 0 Å². The molecule has 2 rings (SSSR count). The summed E-state index contributed by atoms with van der Waals surface area (Å²) >= 11 is 0. The van der Waals surface area contributed by atoms with E-state index < -0.39 is 14.6 Å². The zero-order valence-electron chi connectivity index (χ0n) is 13.4. The Morgan fingerprint density at radius 2 is 1.81 bits per heavy atom. The van der Waals surface area contributed by atoms with Gasteiger partial charge in [-0.15, -0.1) is 0 Å². The summed E-state index contributed by atoms with van der Waals surface area (Å²) in [6.07, 6.45) is 0.866. The molecule has 1 aromatic carbocycles. The number of rotatable bonds is 2. The number of nitriles is 1. The van der Waals surface area contributed by atoms with Gasteiger partial charge in [0.25, 0.3) is 0 Å². The third-order valence-electron chi connectivity index (χ3n) is 4.72. The molecule has 0 N–H and O–H groups in total. The van der Waals surface area contributed by atoms with Gasteiger partial charge < -0.3 is 0 Å². The Morgan fingerprint density at radius 1 is 1.24 bits per heavy atom. The van der Waals surface area contributed by atoms with Crippen molar-refractivity contribution in [3.05, 3.63) is 29.3 Å². The molecular formula is C17H23NO2S. The van der Waals surface area contributed by atoms with Gasteiger partial charge in [-0.25, -0.2) is 8.42 Å². The fourth-order valence-electron chi connectivity index (χ4n) is 3.03. The van der Waals surface area contributed by atoms with Crippen LogP contribution in [-0.2, 0) is 9.84 Å². The highest BCUT2D eigenvalue weighted by molar-refractivity contribution is 7.93. The molecule has 1 aliphatic rings. The Balaban J connectivity index is 2.42. The van der Waals surface area contributed by atoms with E-state index in [0.29, 0.717) is 17.7 Å². The van der Waals surface area contributed by atoms with Crippen LogP contribution in [0.4, 0.5) is 0 Å². The molecule has 1 aromatic rings. The largest absolute Gasteiger partial charge is 0.222 e. The van der Waals surface area contributed by atoms with Crippen LogP contribution in [0, 0.1) is 36.5 Å². The maximum Gasteiger partial charge on any atom is 0.197 e. The van der Waals surface area contributed by atoms with Gasteiger partial charge in [0, 0.05) is 0 Å². The van der Waals surface area contributed by atoms with Crippen molar-refractivity contribution in [2.45, 2.75) is 57.1 Å². The second kappa shape index (κ2) is 4.84. The van der Waals surface area contributed by atoms with Crippen molar-refractivity contribution in [3.63, 3.8) is 0 Å². The SMILES string of the molecule is Cc1ccc(S(=O)(=O)C2(C#N)CC(C(C)(C)C)C2)c(C)c1. The number of hydrogen-bond donors (Lipinski definition) is 0. The lowest BCUT2D eigenvalue weighted by atomic mass is 9.63. The van der Waals surface area contributed by atoms with Crippen molar-refractivity contribution >= 4 is 9.84 Å². The van der Waals surface area contributed by atoms with Crippen LogP contribution in [0.5, 0.6) is 0 Å². The first kappa shape index (κ1) is 16.0. The van der Waals surface area contributed by atoms with Gasteiger partial charge in [-0.2, -0.15) is 5.26 Å². The highest BCUT2D eigenvalue weighted by atomic mass is 32.2. The minimum atomic E-state index is -3.62. The summed E-state index contributed by atoms with van der Waals surface area (Å²) in [6, 6.07) is 7.41. The van der Waals surface area contributed by atoms with Gasteiger partial charge in [-0.05, 0) is 49.7 Å². The molecule has 0 bridgehead atoms. The molecule has 1 saturated carbocycles. The lowest BCUT2D eigenvalue weighted by Gasteiger charge is -2.48. The molecular weight excluding hydrogens is 282 g/mol. The molecule has 0 aromatic heterocycles. The van der Waals surface area contributed by atoms with Crippen LogP contribution < -0.4 is 0 Å². The quantitative estimate of drug-likeness (QED) is 0.835. The summed E-state index contributed by atoms with van der Waals surface area (Å²) in [6.45, 7) is 10.0. The first-order valence-corrected chi connectivity index (χ1v) is 8.75. The normalized spacial score (nSPS) is 26.0. The summed E-state index contributed by atoms with van der Waals surface area (Å²) in [5.41, 5.74) is 1.79. The molecule has 4 heteroatoms. The minimum Gasteiger partial charge on any atom is -0.222 e. The van der Waals surface area contributed by atoms with Gasteiger partial charge in [-0.1, -0.05) is 38.5 Å². The Bertz CT molecular complexity index is 699. The van der Waals surface area contributed by atoms with Crippen LogP contribution >= 0.6 is 0 Å². The van der Waals surface area contributed by atoms with E-state index in [0.717, 1.165) is 11.1 Å². The molecule has 0 radical (unpaired) electrons. The topological polar surface area (TPSA) is 57.9 Å². The average molecular weight is 305 g/mol. The zero-order chi connectivity index (χ0) is 16.1. The second-order valence-corrected chi connectivity index (χ2v) is 9.58. The summed E-state index contributed by atoms with van der Waals surface area (Å²) in [5, 5.41) is 9.53. The molecule has 3 nitrogen and oxygen atoms in total. The standard InChI is InChI=1S/C17H23NO2S/c1-12-6-7-15(13(2)8-12)21(19,20)17(11-18)9-14(10-17)16(3,4)5/h6-8,14H,9-10H2,1-5H3. The first-order chi connectivity index (χ1) is 9.53. The Kier molecular flexibility index (Phi) is 3.70. The predicted octanol–water partition coefficient (Wildman–Crippen LogP) is 3.80. The zero-order valence-corrected chi connectivity index (χ0v) is 14.2. The third-order valence-corrected chi connectivity index (χ3v) is 7.21. The van der Waals surface area contributed by atoms with E-state index >= 15 is 0 Å². The van der Waals surface area contributed by atoms with Crippen molar-refractivity contribution in [1.29, 1.82) is 5.26 Å². The van der Waals surface area contributed by atoms with E-state index in [4.69, 9.17) is 0 Å². The van der Waals surface area contributed by atoms with Crippen LogP contribution in [0.1, 0.15) is 44.7 Å². The molecule has 0 aliphatic heterocycles. The van der Waals surface area contributed by atoms with Gasteiger partial charge in [0.15, 0.2) is 14.6 Å². The van der Waals surface area contributed by atoms with Crippen LogP contribution in [0.15, 0.2) is 23.1 Å². The van der Waals surface area contributed by atoms with Gasteiger partial charge >= 0.3 is 0 Å². The number of benzene rings is 1. The molecule has 1 fully saturated rings. The Hall–Kier alpha value is -1.34. The van der Waals surface area contributed by atoms with E-state index in [9.17, 15) is 13.7 Å². The van der Waals surface area contributed by atoms with Crippen molar-refractivity contribution in [2.75, 3.05) is 0 Å². The fraction of sp³-hybridized carbons (Fsp3) is 0.588. The molecule has 0 heterocycles. The smallest absolute Gasteiger partial charge is 0.197 e. The van der Waals surface area contributed by atoms with E-state index in [-0.39, 0.29) is 11.3 Å². The number of nitrogens with zero attached hydrogens (tertiary/aromatic N) is 1. The molecule has 0 amide bonds. The summed E-state index contributed by atoms with van der Waals surface area (Å²) in [4.78, 5) is 0.307. The third kappa shape index (κ3) is 2.48. The minimum absolute atomic E-state index is 0.0399. The molecule has 114 valence electrons. The molecule has 1 aliphatic carbocycles. The lowest BCUT2D eigenvalue weighted by molar-refractivity contribution is 0.117. The summed E-state index contributed by atoms with van der Waals surface area (Å²) < 4.78 is 24.7. The van der Waals surface area contributed by atoms with E-state index in [1.807, 2.05) is 13.0 Å². The van der Waals surface area contributed by atoms with Gasteiger partial charge in [0.1, 0.15) is 0 Å². The Labute approximate surface area is 127 Å². The number of aryl methyl sites for hydroxylation is 2. The maximum absolute atomic E-state index is 12.9. The summed E-state index contributed by atoms with van der Waals surface area (Å²) in [5.74, 6) is 0.276. The van der Waals surface area contributed by atoms with Crippen LogP contribution in [0.2, 0.25) is 0 Å². The molecule has 21 heavy (non-hydrogen) atoms. The number of sulfone groups is 1. The molecule has 0 atom stereocenters. The predicted molar refractivity (Wildman–Crippen MR) is 83.6 cm³/mol. The molecule has 0 unspecified atom stereocenters.